The van der Waals surface area contributed by atoms with Crippen LogP contribution in [0, 0.1) is 0 Å². The highest BCUT2D eigenvalue weighted by Gasteiger charge is 2.32. The number of rotatable bonds is 5. The van der Waals surface area contributed by atoms with Crippen molar-refractivity contribution in [3.8, 4) is 0 Å². The molecule has 0 amide bonds. The highest BCUT2D eigenvalue weighted by Crippen LogP contribution is 2.28. The first-order valence-electron chi connectivity index (χ1n) is 5.97. The Morgan fingerprint density at radius 3 is 2.33 bits per heavy atom. The van der Waals surface area contributed by atoms with Crippen LogP contribution in [0.3, 0.4) is 0 Å². The summed E-state index contributed by atoms with van der Waals surface area (Å²) in [5, 5.41) is 12.8. The summed E-state index contributed by atoms with van der Waals surface area (Å²) in [4.78, 5) is 0. The van der Waals surface area contributed by atoms with Gasteiger partial charge < -0.3 is 15.2 Å². The molecule has 0 radical (unpaired) electrons. The molecule has 1 saturated carbocycles. The zero-order valence-electron chi connectivity index (χ0n) is 10.3. The normalized spacial score (nSPS) is 20.8. The van der Waals surface area contributed by atoms with E-state index >= 15 is 0 Å². The smallest absolute Gasteiger partial charge is 0.0613 e. The molecular weight excluding hydrogens is 190 g/mol. The van der Waals surface area contributed by atoms with Crippen LogP contribution in [-0.2, 0) is 4.74 Å². The second-order valence-corrected chi connectivity index (χ2v) is 5.53. The lowest BCUT2D eigenvalue weighted by Gasteiger charge is -2.29. The molecule has 0 atom stereocenters. The molecule has 2 N–H and O–H groups in total. The van der Waals surface area contributed by atoms with Crippen LogP contribution in [0.15, 0.2) is 0 Å². The molecule has 0 aromatic rings. The Morgan fingerprint density at radius 1 is 1.27 bits per heavy atom. The Labute approximate surface area is 93.2 Å². The van der Waals surface area contributed by atoms with Gasteiger partial charge in [-0.3, -0.25) is 0 Å². The van der Waals surface area contributed by atoms with E-state index < -0.39 is 0 Å². The molecular formula is C12H25NO2. The van der Waals surface area contributed by atoms with Crippen molar-refractivity contribution in [2.75, 3.05) is 19.8 Å². The van der Waals surface area contributed by atoms with Crippen molar-refractivity contribution in [3.05, 3.63) is 0 Å². The Bertz CT molecular complexity index is 181. The van der Waals surface area contributed by atoms with Crippen LogP contribution in [0.2, 0.25) is 0 Å². The monoisotopic (exact) mass is 215 g/mol. The third-order valence-electron chi connectivity index (χ3n) is 3.00. The van der Waals surface area contributed by atoms with Crippen LogP contribution < -0.4 is 5.32 Å². The molecule has 90 valence electrons. The maximum absolute atomic E-state index is 9.37. The minimum atomic E-state index is -0.0657. The summed E-state index contributed by atoms with van der Waals surface area (Å²) in [7, 11) is 0. The van der Waals surface area contributed by atoms with Crippen LogP contribution in [-0.4, -0.2) is 36.0 Å². The second-order valence-electron chi connectivity index (χ2n) is 5.53. The average Bonchev–Trinajstić information content (AvgIpc) is 2.60. The second kappa shape index (κ2) is 5.28. The van der Waals surface area contributed by atoms with Gasteiger partial charge in [-0.25, -0.2) is 0 Å². The molecule has 0 aromatic carbocycles. The van der Waals surface area contributed by atoms with E-state index in [1.807, 2.05) is 0 Å². The number of nitrogens with one attached hydrogen (secondary N) is 1. The standard InChI is InChI=1S/C12H25NO2/c1-11(2,3)15-9-8-13-12(10-14)6-4-5-7-12/h13-14H,4-10H2,1-3H3. The summed E-state index contributed by atoms with van der Waals surface area (Å²) in [6, 6.07) is 0. The predicted molar refractivity (Wildman–Crippen MR) is 62.0 cm³/mol. The number of hydrogen-bond acceptors (Lipinski definition) is 3. The lowest BCUT2D eigenvalue weighted by Crippen LogP contribution is -2.47. The quantitative estimate of drug-likeness (QED) is 0.686. The summed E-state index contributed by atoms with van der Waals surface area (Å²) in [6.45, 7) is 7.98. The molecule has 1 aliphatic rings. The minimum Gasteiger partial charge on any atom is -0.394 e. The van der Waals surface area contributed by atoms with Crippen LogP contribution in [0.25, 0.3) is 0 Å². The minimum absolute atomic E-state index is 0.0127. The van der Waals surface area contributed by atoms with Gasteiger partial charge in [0.1, 0.15) is 0 Å². The van der Waals surface area contributed by atoms with Crippen molar-refractivity contribution < 1.29 is 9.84 Å². The zero-order chi connectivity index (χ0) is 11.4. The Morgan fingerprint density at radius 2 is 1.87 bits per heavy atom. The van der Waals surface area contributed by atoms with Gasteiger partial charge in [0.2, 0.25) is 0 Å². The molecule has 0 aliphatic heterocycles. The average molecular weight is 215 g/mol. The molecule has 0 bridgehead atoms. The molecule has 1 fully saturated rings. The summed E-state index contributed by atoms with van der Waals surface area (Å²) < 4.78 is 5.63. The topological polar surface area (TPSA) is 41.5 Å². The van der Waals surface area contributed by atoms with E-state index in [9.17, 15) is 5.11 Å². The molecule has 1 rings (SSSR count). The lowest BCUT2D eigenvalue weighted by atomic mass is 9.99. The van der Waals surface area contributed by atoms with Gasteiger partial charge in [0, 0.05) is 12.1 Å². The summed E-state index contributed by atoms with van der Waals surface area (Å²) in [6.07, 6.45) is 4.65. The first-order valence-corrected chi connectivity index (χ1v) is 5.97. The van der Waals surface area contributed by atoms with Crippen molar-refractivity contribution in [2.24, 2.45) is 0 Å². The number of aliphatic hydroxyl groups excluding tert-OH is 1. The fourth-order valence-electron chi connectivity index (χ4n) is 2.12. The highest BCUT2D eigenvalue weighted by atomic mass is 16.5. The van der Waals surface area contributed by atoms with E-state index in [4.69, 9.17) is 4.74 Å². The third-order valence-corrected chi connectivity index (χ3v) is 3.00. The number of aliphatic hydroxyl groups is 1. The van der Waals surface area contributed by atoms with Crippen molar-refractivity contribution in [1.82, 2.24) is 5.32 Å². The summed E-state index contributed by atoms with van der Waals surface area (Å²) in [5.41, 5.74) is -0.0784. The maximum atomic E-state index is 9.37. The van der Waals surface area contributed by atoms with Gasteiger partial charge in [-0.1, -0.05) is 12.8 Å². The van der Waals surface area contributed by atoms with Gasteiger partial charge in [0.25, 0.3) is 0 Å². The molecule has 3 heteroatoms. The lowest BCUT2D eigenvalue weighted by molar-refractivity contribution is -0.00472. The summed E-state index contributed by atoms with van der Waals surface area (Å²) in [5.74, 6) is 0. The predicted octanol–water partition coefficient (Wildman–Crippen LogP) is 1.70. The Kier molecular flexibility index (Phi) is 4.56. The van der Waals surface area contributed by atoms with Gasteiger partial charge in [0.05, 0.1) is 18.8 Å². The van der Waals surface area contributed by atoms with Crippen LogP contribution >= 0.6 is 0 Å². The van der Waals surface area contributed by atoms with Crippen molar-refractivity contribution in [1.29, 1.82) is 0 Å². The first kappa shape index (κ1) is 12.9. The Hall–Kier alpha value is -0.120. The number of hydrogen-bond donors (Lipinski definition) is 2. The highest BCUT2D eigenvalue weighted by molar-refractivity contribution is 4.91. The van der Waals surface area contributed by atoms with E-state index in [1.165, 1.54) is 12.8 Å². The van der Waals surface area contributed by atoms with Crippen molar-refractivity contribution in [2.45, 2.75) is 57.6 Å². The van der Waals surface area contributed by atoms with Crippen molar-refractivity contribution in [3.63, 3.8) is 0 Å². The largest absolute Gasteiger partial charge is 0.394 e. The first-order chi connectivity index (χ1) is 6.97. The molecule has 0 aromatic heterocycles. The Balaban J connectivity index is 2.18. The molecule has 3 nitrogen and oxygen atoms in total. The van der Waals surface area contributed by atoms with Gasteiger partial charge in [-0.2, -0.15) is 0 Å². The van der Waals surface area contributed by atoms with Crippen LogP contribution in [0.1, 0.15) is 46.5 Å². The van der Waals surface area contributed by atoms with Crippen LogP contribution in [0.5, 0.6) is 0 Å². The fraction of sp³-hybridized carbons (Fsp3) is 1.00. The van der Waals surface area contributed by atoms with Crippen LogP contribution in [0.4, 0.5) is 0 Å². The maximum Gasteiger partial charge on any atom is 0.0613 e. The van der Waals surface area contributed by atoms with E-state index in [-0.39, 0.29) is 17.7 Å². The van der Waals surface area contributed by atoms with E-state index in [1.54, 1.807) is 0 Å². The van der Waals surface area contributed by atoms with Crippen molar-refractivity contribution >= 4 is 0 Å². The molecule has 0 spiro atoms. The van der Waals surface area contributed by atoms with Gasteiger partial charge in [-0.05, 0) is 33.6 Å². The fourth-order valence-corrected chi connectivity index (χ4v) is 2.12. The third kappa shape index (κ3) is 4.49. The van der Waals surface area contributed by atoms with E-state index in [0.717, 1.165) is 19.4 Å². The molecule has 0 unspecified atom stereocenters. The zero-order valence-corrected chi connectivity index (χ0v) is 10.3. The van der Waals surface area contributed by atoms with Gasteiger partial charge in [0.15, 0.2) is 0 Å². The summed E-state index contributed by atoms with van der Waals surface area (Å²) >= 11 is 0. The molecule has 1 aliphatic carbocycles. The molecule has 15 heavy (non-hydrogen) atoms. The SMILES string of the molecule is CC(C)(C)OCCNC1(CO)CCCC1. The van der Waals surface area contributed by atoms with E-state index in [2.05, 4.69) is 26.1 Å². The molecule has 0 heterocycles. The number of ether oxygens (including phenoxy) is 1. The van der Waals surface area contributed by atoms with E-state index in [0.29, 0.717) is 6.61 Å². The van der Waals surface area contributed by atoms with Gasteiger partial charge >= 0.3 is 0 Å². The van der Waals surface area contributed by atoms with Gasteiger partial charge in [-0.15, -0.1) is 0 Å². The molecule has 0 saturated heterocycles.